The molecule has 0 radical (unpaired) electrons. The Kier molecular flexibility index (Phi) is 3.95. The molecule has 0 nitrogen and oxygen atoms in total. The molecule has 1 aliphatic rings. The standard InChI is InChI=1S/C14H11BF6/c1-6-3-7(9(17)4-8(6)16)15-11-10(18)5-14(2,21)13(20)12(11)19/h3-5,13,15H,1-2H3. The third-order valence-corrected chi connectivity index (χ3v) is 3.40. The summed E-state index contributed by atoms with van der Waals surface area (Å²) < 4.78 is 81.4. The van der Waals surface area contributed by atoms with E-state index in [0.717, 1.165) is 6.07 Å². The van der Waals surface area contributed by atoms with Gasteiger partial charge in [0.25, 0.3) is 0 Å². The van der Waals surface area contributed by atoms with E-state index in [1.165, 1.54) is 6.92 Å². The summed E-state index contributed by atoms with van der Waals surface area (Å²) in [5.74, 6) is -4.70. The van der Waals surface area contributed by atoms with Crippen LogP contribution < -0.4 is 5.46 Å². The topological polar surface area (TPSA) is 0 Å². The lowest BCUT2D eigenvalue weighted by Crippen LogP contribution is -2.36. The van der Waals surface area contributed by atoms with Crippen molar-refractivity contribution in [1.82, 2.24) is 0 Å². The minimum atomic E-state index is -2.80. The zero-order valence-electron chi connectivity index (χ0n) is 11.3. The molecule has 2 atom stereocenters. The first-order chi connectivity index (χ1) is 9.63. The van der Waals surface area contributed by atoms with Gasteiger partial charge in [0.2, 0.25) is 7.28 Å². The normalized spacial score (nSPS) is 25.9. The van der Waals surface area contributed by atoms with Gasteiger partial charge in [0.15, 0.2) is 11.8 Å². The highest BCUT2D eigenvalue weighted by Crippen LogP contribution is 2.37. The average Bonchev–Trinajstić information content (AvgIpc) is 2.37. The summed E-state index contributed by atoms with van der Waals surface area (Å²) >= 11 is 0. The molecule has 0 N–H and O–H groups in total. The molecular weight excluding hydrogens is 293 g/mol. The van der Waals surface area contributed by atoms with E-state index in [1.807, 2.05) is 0 Å². The fourth-order valence-electron chi connectivity index (χ4n) is 2.13. The van der Waals surface area contributed by atoms with Gasteiger partial charge in [-0.3, -0.25) is 0 Å². The molecule has 1 aliphatic carbocycles. The second kappa shape index (κ2) is 5.28. The minimum Gasteiger partial charge on any atom is -0.236 e. The van der Waals surface area contributed by atoms with Crippen molar-refractivity contribution in [1.29, 1.82) is 0 Å². The Labute approximate surface area is 118 Å². The Morgan fingerprint density at radius 1 is 1.10 bits per heavy atom. The van der Waals surface area contributed by atoms with Crippen LogP contribution in [0, 0.1) is 18.6 Å². The summed E-state index contributed by atoms with van der Waals surface area (Å²) in [6.07, 6.45) is -2.33. The summed E-state index contributed by atoms with van der Waals surface area (Å²) in [5, 5.41) is 0. The van der Waals surface area contributed by atoms with Crippen molar-refractivity contribution in [2.45, 2.75) is 25.7 Å². The van der Waals surface area contributed by atoms with Crippen molar-refractivity contribution in [2.24, 2.45) is 0 Å². The first-order valence-corrected chi connectivity index (χ1v) is 6.18. The molecule has 7 heteroatoms. The van der Waals surface area contributed by atoms with Crippen LogP contribution in [-0.2, 0) is 0 Å². The molecular formula is C14H11BF6. The summed E-state index contributed by atoms with van der Waals surface area (Å²) in [5.41, 5.74) is -3.67. The van der Waals surface area contributed by atoms with E-state index in [0.29, 0.717) is 19.1 Å². The largest absolute Gasteiger partial charge is 0.236 e. The Bertz CT molecular complexity index is 647. The maximum Gasteiger partial charge on any atom is 0.203 e. The fraction of sp³-hybridized carbons (Fsp3) is 0.286. The van der Waals surface area contributed by atoms with Crippen LogP contribution in [0.15, 0.2) is 35.3 Å². The first-order valence-electron chi connectivity index (χ1n) is 6.18. The molecule has 2 rings (SSSR count). The molecule has 0 amide bonds. The quantitative estimate of drug-likeness (QED) is 0.580. The van der Waals surface area contributed by atoms with Crippen molar-refractivity contribution in [2.75, 3.05) is 0 Å². The molecule has 112 valence electrons. The van der Waals surface area contributed by atoms with Crippen molar-refractivity contribution < 1.29 is 26.3 Å². The highest BCUT2D eigenvalue weighted by molar-refractivity contribution is 6.62. The molecule has 0 fully saturated rings. The molecule has 0 bridgehead atoms. The van der Waals surface area contributed by atoms with Gasteiger partial charge in [-0.05, 0) is 36.4 Å². The molecule has 0 aromatic heterocycles. The van der Waals surface area contributed by atoms with E-state index in [-0.39, 0.29) is 11.0 Å². The number of allylic oxidation sites excluding steroid dienone is 4. The Morgan fingerprint density at radius 3 is 2.33 bits per heavy atom. The Balaban J connectivity index is 2.42. The number of rotatable bonds is 2. The fourth-order valence-corrected chi connectivity index (χ4v) is 2.13. The maximum atomic E-state index is 13.8. The Morgan fingerprint density at radius 2 is 1.71 bits per heavy atom. The lowest BCUT2D eigenvalue weighted by Gasteiger charge is -2.26. The second-order valence-electron chi connectivity index (χ2n) is 5.20. The maximum absolute atomic E-state index is 13.8. The van der Waals surface area contributed by atoms with Crippen LogP contribution in [0.1, 0.15) is 12.5 Å². The van der Waals surface area contributed by atoms with Crippen molar-refractivity contribution in [3.63, 3.8) is 0 Å². The highest BCUT2D eigenvalue weighted by Gasteiger charge is 2.42. The van der Waals surface area contributed by atoms with Crippen molar-refractivity contribution in [3.8, 4) is 0 Å². The van der Waals surface area contributed by atoms with Gasteiger partial charge in [-0.15, -0.1) is 0 Å². The zero-order valence-corrected chi connectivity index (χ0v) is 11.3. The highest BCUT2D eigenvalue weighted by atomic mass is 19.2. The van der Waals surface area contributed by atoms with Gasteiger partial charge in [-0.25, -0.2) is 26.3 Å². The van der Waals surface area contributed by atoms with Crippen molar-refractivity contribution >= 4 is 12.7 Å². The molecule has 0 heterocycles. The van der Waals surface area contributed by atoms with E-state index in [2.05, 4.69) is 0 Å². The average molecular weight is 304 g/mol. The SMILES string of the molecule is Cc1cc(BC2=C(F)C(F)C(C)(F)C=C2F)c(F)cc1F. The summed E-state index contributed by atoms with van der Waals surface area (Å²) in [6, 6.07) is 1.66. The molecule has 0 saturated carbocycles. The van der Waals surface area contributed by atoms with Gasteiger partial charge >= 0.3 is 0 Å². The van der Waals surface area contributed by atoms with E-state index >= 15 is 0 Å². The second-order valence-corrected chi connectivity index (χ2v) is 5.20. The predicted octanol–water partition coefficient (Wildman–Crippen LogP) is 3.45. The minimum absolute atomic E-state index is 0.0831. The predicted molar refractivity (Wildman–Crippen MR) is 69.6 cm³/mol. The number of halogens is 6. The lowest BCUT2D eigenvalue weighted by atomic mass is 9.60. The van der Waals surface area contributed by atoms with E-state index < -0.39 is 47.9 Å². The number of aryl methyl sites for hydroxylation is 1. The van der Waals surface area contributed by atoms with E-state index in [9.17, 15) is 26.3 Å². The zero-order chi connectivity index (χ0) is 15.9. The monoisotopic (exact) mass is 304 g/mol. The van der Waals surface area contributed by atoms with Crippen LogP contribution in [0.2, 0.25) is 0 Å². The van der Waals surface area contributed by atoms with Gasteiger partial charge in [-0.1, -0.05) is 6.07 Å². The smallest absolute Gasteiger partial charge is 0.203 e. The van der Waals surface area contributed by atoms with Crippen LogP contribution in [0.25, 0.3) is 0 Å². The van der Waals surface area contributed by atoms with Gasteiger partial charge in [0, 0.05) is 6.07 Å². The first kappa shape index (κ1) is 15.7. The van der Waals surface area contributed by atoms with Gasteiger partial charge in [-0.2, -0.15) is 0 Å². The number of hydrogen-bond donors (Lipinski definition) is 0. The Hall–Kier alpha value is -1.66. The number of hydrogen-bond acceptors (Lipinski definition) is 0. The molecule has 0 saturated heterocycles. The van der Waals surface area contributed by atoms with Crippen LogP contribution in [0.5, 0.6) is 0 Å². The van der Waals surface area contributed by atoms with Crippen LogP contribution >= 0.6 is 0 Å². The van der Waals surface area contributed by atoms with Crippen LogP contribution in [0.4, 0.5) is 26.3 Å². The lowest BCUT2D eigenvalue weighted by molar-refractivity contribution is 0.114. The third kappa shape index (κ3) is 2.87. The number of alkyl halides is 2. The summed E-state index contributed by atoms with van der Waals surface area (Å²) in [7, 11) is -0.627. The van der Waals surface area contributed by atoms with Gasteiger partial charge in [0.1, 0.15) is 23.3 Å². The van der Waals surface area contributed by atoms with Gasteiger partial charge < -0.3 is 0 Å². The molecule has 0 aliphatic heterocycles. The van der Waals surface area contributed by atoms with Gasteiger partial charge in [0.05, 0.1) is 0 Å². The van der Waals surface area contributed by atoms with Crippen LogP contribution in [-0.4, -0.2) is 19.1 Å². The van der Waals surface area contributed by atoms with E-state index in [4.69, 9.17) is 0 Å². The van der Waals surface area contributed by atoms with Crippen molar-refractivity contribution in [3.05, 3.63) is 52.5 Å². The summed E-state index contributed by atoms with van der Waals surface area (Å²) in [4.78, 5) is 0. The molecule has 1 aromatic rings. The number of benzene rings is 1. The van der Waals surface area contributed by atoms with E-state index in [1.54, 1.807) is 0 Å². The molecule has 2 unspecified atom stereocenters. The third-order valence-electron chi connectivity index (χ3n) is 3.40. The molecule has 21 heavy (non-hydrogen) atoms. The summed E-state index contributed by atoms with van der Waals surface area (Å²) in [6.45, 7) is 2.06. The molecule has 0 spiro atoms. The van der Waals surface area contributed by atoms with Crippen LogP contribution in [0.3, 0.4) is 0 Å². The molecule has 1 aromatic carbocycles.